The maximum atomic E-state index is 6.15. The molecule has 0 bridgehead atoms. The van der Waals surface area contributed by atoms with E-state index < -0.39 is 0 Å². The minimum atomic E-state index is 0.305. The minimum absolute atomic E-state index is 0.305. The molecule has 1 saturated heterocycles. The Balaban J connectivity index is 2.31. The molecule has 4 heteroatoms. The second-order valence-corrected chi connectivity index (χ2v) is 6.02. The summed E-state index contributed by atoms with van der Waals surface area (Å²) in [6, 6.07) is 6.75. The summed E-state index contributed by atoms with van der Waals surface area (Å²) in [7, 11) is 0. The summed E-state index contributed by atoms with van der Waals surface area (Å²) < 4.78 is 0.983. The molecular weight excluding hydrogens is 300 g/mol. The lowest BCUT2D eigenvalue weighted by atomic mass is 9.87. The molecule has 2 rings (SSSR count). The van der Waals surface area contributed by atoms with Gasteiger partial charge in [0, 0.05) is 18.6 Å². The third-order valence-corrected chi connectivity index (χ3v) is 5.25. The Bertz CT molecular complexity index is 410. The number of halogens is 2. The summed E-state index contributed by atoms with van der Waals surface area (Å²) in [6.45, 7) is 5.45. The monoisotopic (exact) mass is 316 g/mol. The number of rotatable bonds is 1. The van der Waals surface area contributed by atoms with Gasteiger partial charge in [-0.2, -0.15) is 0 Å². The van der Waals surface area contributed by atoms with E-state index in [9.17, 15) is 0 Å². The van der Waals surface area contributed by atoms with Crippen molar-refractivity contribution in [3.05, 3.63) is 27.7 Å². The Morgan fingerprint density at radius 3 is 2.82 bits per heavy atom. The van der Waals surface area contributed by atoms with Crippen LogP contribution in [0.15, 0.2) is 22.7 Å². The summed E-state index contributed by atoms with van der Waals surface area (Å²) in [5.41, 5.74) is 7.28. The highest BCUT2D eigenvalue weighted by Crippen LogP contribution is 2.36. The SMILES string of the molecule is CC1C(N)CCN(c2cccc(Cl)c2Br)C1C. The molecule has 17 heavy (non-hydrogen) atoms. The highest BCUT2D eigenvalue weighted by Gasteiger charge is 2.31. The van der Waals surface area contributed by atoms with E-state index in [-0.39, 0.29) is 0 Å². The average molecular weight is 318 g/mol. The van der Waals surface area contributed by atoms with Gasteiger partial charge in [0.2, 0.25) is 0 Å². The number of anilines is 1. The number of hydrogen-bond acceptors (Lipinski definition) is 2. The lowest BCUT2D eigenvalue weighted by Gasteiger charge is -2.43. The van der Waals surface area contributed by atoms with Gasteiger partial charge in [0.15, 0.2) is 0 Å². The van der Waals surface area contributed by atoms with Gasteiger partial charge < -0.3 is 10.6 Å². The van der Waals surface area contributed by atoms with E-state index in [1.54, 1.807) is 0 Å². The normalized spacial score (nSPS) is 29.5. The van der Waals surface area contributed by atoms with Crippen molar-refractivity contribution < 1.29 is 0 Å². The van der Waals surface area contributed by atoms with E-state index in [4.69, 9.17) is 17.3 Å². The molecular formula is C13H18BrClN2. The maximum Gasteiger partial charge on any atom is 0.0595 e. The molecule has 1 aliphatic rings. The summed E-state index contributed by atoms with van der Waals surface area (Å²) in [6.07, 6.45) is 1.03. The second-order valence-electron chi connectivity index (χ2n) is 4.82. The van der Waals surface area contributed by atoms with Crippen LogP contribution in [0.2, 0.25) is 5.02 Å². The van der Waals surface area contributed by atoms with E-state index >= 15 is 0 Å². The van der Waals surface area contributed by atoms with E-state index in [0.29, 0.717) is 18.0 Å². The first-order chi connectivity index (χ1) is 8.02. The van der Waals surface area contributed by atoms with Gasteiger partial charge in [-0.3, -0.25) is 0 Å². The molecule has 1 fully saturated rings. The molecule has 2 N–H and O–H groups in total. The first-order valence-corrected chi connectivity index (χ1v) is 7.15. The standard InChI is InChI=1S/C13H18BrClN2/c1-8-9(2)17(7-6-11(8)16)12-5-3-4-10(15)13(12)14/h3-5,8-9,11H,6-7,16H2,1-2H3. The van der Waals surface area contributed by atoms with Crippen LogP contribution in [0.1, 0.15) is 20.3 Å². The summed E-state index contributed by atoms with van der Waals surface area (Å²) >= 11 is 9.72. The number of nitrogens with two attached hydrogens (primary N) is 1. The predicted octanol–water partition coefficient (Wildman–Crippen LogP) is 3.66. The molecule has 1 aliphatic heterocycles. The quantitative estimate of drug-likeness (QED) is 0.856. The van der Waals surface area contributed by atoms with Gasteiger partial charge in [-0.15, -0.1) is 0 Å². The molecule has 1 aromatic carbocycles. The van der Waals surface area contributed by atoms with Crippen LogP contribution in [0.5, 0.6) is 0 Å². The Hall–Kier alpha value is -0.250. The largest absolute Gasteiger partial charge is 0.367 e. The molecule has 0 aromatic heterocycles. The number of piperidine rings is 1. The maximum absolute atomic E-state index is 6.15. The summed E-state index contributed by atoms with van der Waals surface area (Å²) in [5, 5.41) is 0.761. The van der Waals surface area contributed by atoms with Crippen LogP contribution in [-0.4, -0.2) is 18.6 Å². The fourth-order valence-corrected chi connectivity index (χ4v) is 3.11. The fraction of sp³-hybridized carbons (Fsp3) is 0.538. The van der Waals surface area contributed by atoms with Crippen molar-refractivity contribution >= 4 is 33.2 Å². The van der Waals surface area contributed by atoms with Crippen LogP contribution in [0.25, 0.3) is 0 Å². The first-order valence-electron chi connectivity index (χ1n) is 5.98. The summed E-state index contributed by atoms with van der Waals surface area (Å²) in [5.74, 6) is 0.495. The van der Waals surface area contributed by atoms with Crippen molar-refractivity contribution in [2.45, 2.75) is 32.4 Å². The van der Waals surface area contributed by atoms with Crippen molar-refractivity contribution in [3.8, 4) is 0 Å². The van der Waals surface area contributed by atoms with Gasteiger partial charge >= 0.3 is 0 Å². The summed E-state index contributed by atoms with van der Waals surface area (Å²) in [4.78, 5) is 2.39. The predicted molar refractivity (Wildman–Crippen MR) is 77.7 cm³/mol. The topological polar surface area (TPSA) is 29.3 Å². The Labute approximate surface area is 116 Å². The van der Waals surface area contributed by atoms with Gasteiger partial charge in [-0.05, 0) is 47.3 Å². The van der Waals surface area contributed by atoms with Crippen LogP contribution in [-0.2, 0) is 0 Å². The van der Waals surface area contributed by atoms with Crippen LogP contribution >= 0.6 is 27.5 Å². The van der Waals surface area contributed by atoms with E-state index in [1.807, 2.05) is 12.1 Å². The van der Waals surface area contributed by atoms with Gasteiger partial charge in [0.05, 0.1) is 15.2 Å². The van der Waals surface area contributed by atoms with E-state index in [2.05, 4.69) is 40.7 Å². The Kier molecular flexibility index (Phi) is 4.01. The molecule has 1 heterocycles. The van der Waals surface area contributed by atoms with Crippen LogP contribution in [0.3, 0.4) is 0 Å². The second kappa shape index (κ2) is 5.17. The third-order valence-electron chi connectivity index (χ3n) is 3.87. The number of benzene rings is 1. The smallest absolute Gasteiger partial charge is 0.0595 e. The van der Waals surface area contributed by atoms with Gasteiger partial charge in [-0.1, -0.05) is 24.6 Å². The first kappa shape index (κ1) is 13.2. The highest BCUT2D eigenvalue weighted by molar-refractivity contribution is 9.10. The minimum Gasteiger partial charge on any atom is -0.367 e. The number of hydrogen-bond donors (Lipinski definition) is 1. The average Bonchev–Trinajstić information content (AvgIpc) is 2.31. The highest BCUT2D eigenvalue weighted by atomic mass is 79.9. The Morgan fingerprint density at radius 1 is 1.41 bits per heavy atom. The van der Waals surface area contributed by atoms with Crippen LogP contribution in [0.4, 0.5) is 5.69 Å². The molecule has 2 nitrogen and oxygen atoms in total. The van der Waals surface area contributed by atoms with Crippen molar-refractivity contribution in [1.29, 1.82) is 0 Å². The third kappa shape index (κ3) is 2.47. The fourth-order valence-electron chi connectivity index (χ4n) is 2.45. The van der Waals surface area contributed by atoms with Crippen molar-refractivity contribution in [2.75, 3.05) is 11.4 Å². The van der Waals surface area contributed by atoms with Gasteiger partial charge in [0.25, 0.3) is 0 Å². The zero-order valence-corrected chi connectivity index (χ0v) is 12.5. The zero-order valence-electron chi connectivity index (χ0n) is 10.2. The molecule has 3 atom stereocenters. The molecule has 0 spiro atoms. The molecule has 1 aromatic rings. The van der Waals surface area contributed by atoms with Gasteiger partial charge in [-0.25, -0.2) is 0 Å². The molecule has 0 radical (unpaired) electrons. The molecule has 94 valence electrons. The van der Waals surface area contributed by atoms with Crippen molar-refractivity contribution in [1.82, 2.24) is 0 Å². The van der Waals surface area contributed by atoms with Gasteiger partial charge in [0.1, 0.15) is 0 Å². The van der Waals surface area contributed by atoms with Crippen LogP contribution < -0.4 is 10.6 Å². The van der Waals surface area contributed by atoms with Crippen molar-refractivity contribution in [2.24, 2.45) is 11.7 Å². The van der Waals surface area contributed by atoms with Crippen molar-refractivity contribution in [3.63, 3.8) is 0 Å². The molecule has 0 amide bonds. The van der Waals surface area contributed by atoms with Crippen LogP contribution in [0, 0.1) is 5.92 Å². The molecule has 0 saturated carbocycles. The van der Waals surface area contributed by atoms with E-state index in [1.165, 1.54) is 5.69 Å². The molecule has 3 unspecified atom stereocenters. The lowest BCUT2D eigenvalue weighted by Crippen LogP contribution is -2.52. The molecule has 0 aliphatic carbocycles. The number of nitrogens with zero attached hydrogens (tertiary/aromatic N) is 1. The Morgan fingerprint density at radius 2 is 2.12 bits per heavy atom. The van der Waals surface area contributed by atoms with E-state index in [0.717, 1.165) is 22.5 Å². The zero-order chi connectivity index (χ0) is 12.6. The lowest BCUT2D eigenvalue weighted by molar-refractivity contribution is 0.315.